The maximum atomic E-state index is 12.3. The first-order valence-corrected chi connectivity index (χ1v) is 8.83. The molecule has 136 valence electrons. The van der Waals surface area contributed by atoms with Crippen molar-refractivity contribution in [2.45, 2.75) is 6.42 Å². The van der Waals surface area contributed by atoms with Crippen LogP contribution >= 0.6 is 23.2 Å². The fraction of sp³-hybridized carbons (Fsp3) is 0.294. The van der Waals surface area contributed by atoms with Crippen LogP contribution in [0.3, 0.4) is 0 Å². The molecule has 2 amide bonds. The first-order valence-electron chi connectivity index (χ1n) is 8.07. The number of hydrogen-bond donors (Lipinski definition) is 1. The quantitative estimate of drug-likeness (QED) is 0.807. The highest BCUT2D eigenvalue weighted by molar-refractivity contribution is 6.36. The van der Waals surface area contributed by atoms with Gasteiger partial charge in [-0.1, -0.05) is 23.2 Å². The number of benzene rings is 1. The molecule has 0 atom stereocenters. The maximum absolute atomic E-state index is 12.3. The molecule has 2 aromatic rings. The van der Waals surface area contributed by atoms with Gasteiger partial charge in [0.15, 0.2) is 0 Å². The summed E-state index contributed by atoms with van der Waals surface area (Å²) in [5.41, 5.74) is 0.430. The summed E-state index contributed by atoms with van der Waals surface area (Å²) in [4.78, 5) is 36.5. The first-order chi connectivity index (χ1) is 12.5. The Hall–Kier alpha value is -2.38. The van der Waals surface area contributed by atoms with Gasteiger partial charge in [0.2, 0.25) is 17.8 Å². The number of nitrogens with zero attached hydrogens (tertiary/aromatic N) is 4. The fourth-order valence-electron chi connectivity index (χ4n) is 2.64. The van der Waals surface area contributed by atoms with Crippen molar-refractivity contribution < 1.29 is 9.59 Å². The van der Waals surface area contributed by atoms with Crippen LogP contribution in [0, 0.1) is 0 Å². The molecular weight excluding hydrogens is 377 g/mol. The van der Waals surface area contributed by atoms with Crippen LogP contribution in [0.25, 0.3) is 0 Å². The van der Waals surface area contributed by atoms with Crippen molar-refractivity contribution in [2.75, 3.05) is 36.4 Å². The van der Waals surface area contributed by atoms with E-state index in [1.165, 1.54) is 6.07 Å². The number of rotatable bonds is 4. The molecule has 0 saturated carbocycles. The Bertz CT molecular complexity index is 795. The molecule has 2 heterocycles. The minimum atomic E-state index is -0.409. The van der Waals surface area contributed by atoms with Gasteiger partial charge < -0.3 is 15.1 Å². The number of carbonyl (C=O) groups excluding carboxylic acids is 2. The lowest BCUT2D eigenvalue weighted by Gasteiger charge is -2.34. The van der Waals surface area contributed by atoms with E-state index in [0.717, 1.165) is 0 Å². The molecule has 0 bridgehead atoms. The summed E-state index contributed by atoms with van der Waals surface area (Å²) in [6.45, 7) is 2.29. The van der Waals surface area contributed by atoms with Crippen LogP contribution in [0.15, 0.2) is 36.7 Å². The zero-order valence-electron chi connectivity index (χ0n) is 13.9. The number of carbonyl (C=O) groups is 2. The second-order valence-electron chi connectivity index (χ2n) is 5.77. The van der Waals surface area contributed by atoms with Crippen LogP contribution < -0.4 is 10.2 Å². The van der Waals surface area contributed by atoms with Crippen LogP contribution in [0.2, 0.25) is 10.0 Å². The van der Waals surface area contributed by atoms with Crippen LogP contribution in [-0.4, -0.2) is 52.9 Å². The zero-order chi connectivity index (χ0) is 18.5. The van der Waals surface area contributed by atoms with Gasteiger partial charge in [0, 0.05) is 43.6 Å². The molecule has 9 heteroatoms. The fourth-order valence-corrected chi connectivity index (χ4v) is 3.10. The Kier molecular flexibility index (Phi) is 5.90. The van der Waals surface area contributed by atoms with Crippen molar-refractivity contribution in [3.05, 3.63) is 46.7 Å². The molecule has 7 nitrogen and oxygen atoms in total. The molecule has 1 aliphatic heterocycles. The SMILES string of the molecule is O=C(CC(=O)N1CCN(c2ncccn2)CC1)Nc1ccc(Cl)cc1Cl. The molecular formula is C17H17Cl2N5O2. The molecule has 1 aliphatic rings. The zero-order valence-corrected chi connectivity index (χ0v) is 15.4. The Morgan fingerprint density at radius 1 is 1.08 bits per heavy atom. The second kappa shape index (κ2) is 8.33. The summed E-state index contributed by atoms with van der Waals surface area (Å²) in [5.74, 6) is 0.0176. The van der Waals surface area contributed by atoms with Gasteiger partial charge in [-0.25, -0.2) is 9.97 Å². The number of hydrogen-bond acceptors (Lipinski definition) is 5. The standard InChI is InChI=1S/C17H17Cl2N5O2/c18-12-2-3-14(13(19)10-12)22-15(25)11-16(26)23-6-8-24(9-7-23)17-20-4-1-5-21-17/h1-5,10H,6-9,11H2,(H,22,25). The van der Waals surface area contributed by atoms with Gasteiger partial charge in [-0.15, -0.1) is 0 Å². The highest BCUT2D eigenvalue weighted by Crippen LogP contribution is 2.25. The molecule has 1 aromatic carbocycles. The largest absolute Gasteiger partial charge is 0.339 e. The third-order valence-corrected chi connectivity index (χ3v) is 4.53. The van der Waals surface area contributed by atoms with E-state index < -0.39 is 5.91 Å². The van der Waals surface area contributed by atoms with Crippen LogP contribution in [0.5, 0.6) is 0 Å². The molecule has 1 fully saturated rings. The Balaban J connectivity index is 1.50. The Labute approximate surface area is 160 Å². The van der Waals surface area contributed by atoms with E-state index in [1.807, 2.05) is 4.90 Å². The normalized spacial score (nSPS) is 14.2. The third kappa shape index (κ3) is 4.62. The summed E-state index contributed by atoms with van der Waals surface area (Å²) in [6, 6.07) is 6.52. The average molecular weight is 394 g/mol. The molecule has 0 unspecified atom stereocenters. The average Bonchev–Trinajstić information content (AvgIpc) is 2.65. The number of amides is 2. The van der Waals surface area contributed by atoms with Gasteiger partial charge in [-0.3, -0.25) is 9.59 Å². The van der Waals surface area contributed by atoms with Crippen molar-refractivity contribution in [1.82, 2.24) is 14.9 Å². The van der Waals surface area contributed by atoms with Crippen LogP contribution in [-0.2, 0) is 9.59 Å². The van der Waals surface area contributed by atoms with Gasteiger partial charge in [-0.05, 0) is 24.3 Å². The predicted octanol–water partition coefficient (Wildman–Crippen LogP) is 2.46. The lowest BCUT2D eigenvalue weighted by atomic mass is 10.2. The van der Waals surface area contributed by atoms with Gasteiger partial charge in [-0.2, -0.15) is 0 Å². The third-order valence-electron chi connectivity index (χ3n) is 3.98. The molecule has 1 saturated heterocycles. The van der Waals surface area contributed by atoms with Gasteiger partial charge in [0.05, 0.1) is 10.7 Å². The first kappa shape index (κ1) is 18.4. The van der Waals surface area contributed by atoms with E-state index in [0.29, 0.717) is 47.9 Å². The van der Waals surface area contributed by atoms with E-state index in [4.69, 9.17) is 23.2 Å². The number of aromatic nitrogens is 2. The number of piperazine rings is 1. The number of anilines is 2. The lowest BCUT2D eigenvalue weighted by Crippen LogP contribution is -2.49. The molecule has 0 aliphatic carbocycles. The highest BCUT2D eigenvalue weighted by atomic mass is 35.5. The smallest absolute Gasteiger partial charge is 0.233 e. The number of nitrogens with one attached hydrogen (secondary N) is 1. The minimum Gasteiger partial charge on any atom is -0.339 e. The van der Waals surface area contributed by atoms with E-state index in [9.17, 15) is 9.59 Å². The van der Waals surface area contributed by atoms with Crippen molar-refractivity contribution in [1.29, 1.82) is 0 Å². The summed E-state index contributed by atoms with van der Waals surface area (Å²) < 4.78 is 0. The van der Waals surface area contributed by atoms with Crippen LogP contribution in [0.4, 0.5) is 11.6 Å². The Morgan fingerprint density at radius 2 is 1.77 bits per heavy atom. The van der Waals surface area contributed by atoms with E-state index in [-0.39, 0.29) is 12.3 Å². The van der Waals surface area contributed by atoms with Gasteiger partial charge in [0.1, 0.15) is 6.42 Å². The van der Waals surface area contributed by atoms with Crippen LogP contribution in [0.1, 0.15) is 6.42 Å². The molecule has 1 aromatic heterocycles. The molecule has 26 heavy (non-hydrogen) atoms. The highest BCUT2D eigenvalue weighted by Gasteiger charge is 2.24. The lowest BCUT2D eigenvalue weighted by molar-refractivity contribution is -0.134. The van der Waals surface area contributed by atoms with Gasteiger partial charge in [0.25, 0.3) is 0 Å². The van der Waals surface area contributed by atoms with E-state index >= 15 is 0 Å². The van der Waals surface area contributed by atoms with E-state index in [1.54, 1.807) is 35.5 Å². The number of halogens is 2. The summed E-state index contributed by atoms with van der Waals surface area (Å²) >= 11 is 11.8. The maximum Gasteiger partial charge on any atom is 0.233 e. The second-order valence-corrected chi connectivity index (χ2v) is 6.61. The van der Waals surface area contributed by atoms with Gasteiger partial charge >= 0.3 is 0 Å². The summed E-state index contributed by atoms with van der Waals surface area (Å²) in [7, 11) is 0. The van der Waals surface area contributed by atoms with E-state index in [2.05, 4.69) is 15.3 Å². The minimum absolute atomic E-state index is 0.221. The molecule has 0 spiro atoms. The Morgan fingerprint density at radius 3 is 2.42 bits per heavy atom. The van der Waals surface area contributed by atoms with Crippen molar-refractivity contribution in [3.8, 4) is 0 Å². The molecule has 1 N–H and O–H groups in total. The molecule has 3 rings (SSSR count). The van der Waals surface area contributed by atoms with Crippen molar-refractivity contribution >= 4 is 46.7 Å². The summed E-state index contributed by atoms with van der Waals surface area (Å²) in [5, 5.41) is 3.44. The molecule has 0 radical (unpaired) electrons. The monoisotopic (exact) mass is 393 g/mol. The topological polar surface area (TPSA) is 78.4 Å². The van der Waals surface area contributed by atoms with Crippen molar-refractivity contribution in [3.63, 3.8) is 0 Å². The summed E-state index contributed by atoms with van der Waals surface area (Å²) in [6.07, 6.45) is 3.14. The predicted molar refractivity (Wildman–Crippen MR) is 101 cm³/mol. The van der Waals surface area contributed by atoms with Crippen molar-refractivity contribution in [2.24, 2.45) is 0 Å².